The molecule has 0 radical (unpaired) electrons. The van der Waals surface area contributed by atoms with Gasteiger partial charge in [0.2, 0.25) is 5.95 Å². The molecule has 0 fully saturated rings. The van der Waals surface area contributed by atoms with E-state index in [-0.39, 0.29) is 12.1 Å². The second-order valence-electron chi connectivity index (χ2n) is 9.07. The minimum Gasteiger partial charge on any atom is -0.333 e. The lowest BCUT2D eigenvalue weighted by Gasteiger charge is -2.27. The third-order valence-corrected chi connectivity index (χ3v) is 6.79. The molecule has 0 unspecified atom stereocenters. The van der Waals surface area contributed by atoms with Gasteiger partial charge in [-0.1, -0.05) is 42.0 Å². The molecule has 3 heterocycles. The van der Waals surface area contributed by atoms with Crippen molar-refractivity contribution in [2.75, 3.05) is 13.1 Å². The third kappa shape index (κ3) is 5.58. The van der Waals surface area contributed by atoms with Gasteiger partial charge in [0, 0.05) is 54.9 Å². The van der Waals surface area contributed by atoms with Crippen molar-refractivity contribution in [2.45, 2.75) is 25.7 Å². The van der Waals surface area contributed by atoms with Crippen LogP contribution in [0.3, 0.4) is 0 Å². The zero-order valence-corrected chi connectivity index (χ0v) is 20.9. The van der Waals surface area contributed by atoms with E-state index in [4.69, 9.17) is 11.6 Å². The van der Waals surface area contributed by atoms with Gasteiger partial charge in [0.15, 0.2) is 0 Å². The minimum atomic E-state index is -4.55. The summed E-state index contributed by atoms with van der Waals surface area (Å²) in [6.45, 7) is 1.75. The number of halogens is 5. The van der Waals surface area contributed by atoms with E-state index < -0.39 is 23.7 Å². The summed E-state index contributed by atoms with van der Waals surface area (Å²) in [4.78, 5) is 18.9. The van der Waals surface area contributed by atoms with Gasteiger partial charge in [-0.3, -0.25) is 9.47 Å². The zero-order valence-electron chi connectivity index (χ0n) is 20.1. The van der Waals surface area contributed by atoms with Crippen LogP contribution in [0.25, 0.3) is 17.0 Å². The minimum absolute atomic E-state index is 0.00724. The second kappa shape index (κ2) is 10.6. The normalized spacial score (nSPS) is 14.2. The average molecular weight is 543 g/mol. The number of nitrogens with one attached hydrogen (secondary N) is 1. The summed E-state index contributed by atoms with van der Waals surface area (Å²) in [5, 5.41) is 3.97. The van der Waals surface area contributed by atoms with Crippen LogP contribution in [-0.2, 0) is 25.7 Å². The predicted octanol–water partition coefficient (Wildman–Crippen LogP) is 6.68. The van der Waals surface area contributed by atoms with Crippen LogP contribution in [0, 0.1) is 5.95 Å². The molecule has 0 aliphatic carbocycles. The standard InChI is InChI=1S/C28H23ClF4N4O/c29-21-6-3-18(4-7-21)2-1-12-36-13-10-24-23(17-36)22-8-5-20(28(31,32)33)15-25(22)37(24)27(38)35-16-19-9-11-34-26(30)14-19/h1-9,11,14-15H,10,12-13,16-17H2,(H,35,38)/b2-1+. The first-order chi connectivity index (χ1) is 18.2. The Hall–Kier alpha value is -3.69. The highest BCUT2D eigenvalue weighted by molar-refractivity contribution is 6.30. The lowest BCUT2D eigenvalue weighted by atomic mass is 10.0. The van der Waals surface area contributed by atoms with E-state index in [0.29, 0.717) is 47.7 Å². The fourth-order valence-corrected chi connectivity index (χ4v) is 4.82. The number of benzene rings is 2. The molecule has 5 nitrogen and oxygen atoms in total. The molecular formula is C28H23ClF4N4O. The van der Waals surface area contributed by atoms with Gasteiger partial charge >= 0.3 is 12.2 Å². The maximum Gasteiger partial charge on any atom is 0.416 e. The first-order valence-electron chi connectivity index (χ1n) is 12.0. The van der Waals surface area contributed by atoms with Gasteiger partial charge in [-0.2, -0.15) is 17.6 Å². The van der Waals surface area contributed by atoms with E-state index in [9.17, 15) is 22.4 Å². The molecule has 0 atom stereocenters. The van der Waals surface area contributed by atoms with E-state index in [1.54, 1.807) is 6.07 Å². The molecule has 0 spiro atoms. The van der Waals surface area contributed by atoms with Gasteiger partial charge in [-0.05, 0) is 53.1 Å². The number of amides is 1. The maximum absolute atomic E-state index is 13.5. The maximum atomic E-state index is 13.5. The molecule has 2 aromatic heterocycles. The number of nitrogens with zero attached hydrogens (tertiary/aromatic N) is 3. The van der Waals surface area contributed by atoms with Gasteiger partial charge in [0.05, 0.1) is 11.1 Å². The SMILES string of the molecule is O=C(NCc1ccnc(F)c1)n1c2c(c3ccc(C(F)(F)F)cc31)CN(C/C=C/c1ccc(Cl)cc1)CC2. The van der Waals surface area contributed by atoms with Crippen LogP contribution >= 0.6 is 11.6 Å². The van der Waals surface area contributed by atoms with Gasteiger partial charge in [-0.15, -0.1) is 0 Å². The van der Waals surface area contributed by atoms with E-state index in [1.807, 2.05) is 36.4 Å². The summed E-state index contributed by atoms with van der Waals surface area (Å²) in [6, 6.07) is 13.1. The number of hydrogen-bond acceptors (Lipinski definition) is 3. The number of pyridine rings is 1. The molecule has 38 heavy (non-hydrogen) atoms. The Kier molecular flexibility index (Phi) is 7.23. The second-order valence-corrected chi connectivity index (χ2v) is 9.51. The summed E-state index contributed by atoms with van der Waals surface area (Å²) in [5.74, 6) is -0.680. The number of carbonyl (C=O) groups is 1. The fourth-order valence-electron chi connectivity index (χ4n) is 4.70. The molecule has 1 amide bonds. The predicted molar refractivity (Wildman–Crippen MR) is 138 cm³/mol. The first-order valence-corrected chi connectivity index (χ1v) is 12.3. The molecular weight excluding hydrogens is 520 g/mol. The lowest BCUT2D eigenvalue weighted by molar-refractivity contribution is -0.137. The molecule has 2 aromatic carbocycles. The third-order valence-electron chi connectivity index (χ3n) is 6.54. The van der Waals surface area contributed by atoms with Gasteiger partial charge < -0.3 is 5.32 Å². The Labute approximate surface area is 221 Å². The van der Waals surface area contributed by atoms with Crippen LogP contribution in [0.1, 0.15) is 27.9 Å². The molecule has 1 aliphatic rings. The summed E-state index contributed by atoms with van der Waals surface area (Å²) in [7, 11) is 0. The topological polar surface area (TPSA) is 50.2 Å². The van der Waals surface area contributed by atoms with Gasteiger partial charge in [0.1, 0.15) is 0 Å². The molecule has 1 aliphatic heterocycles. The number of rotatable bonds is 5. The molecule has 1 N–H and O–H groups in total. The van der Waals surface area contributed by atoms with Crippen molar-refractivity contribution in [3.63, 3.8) is 0 Å². The van der Waals surface area contributed by atoms with Gasteiger partial charge in [0.25, 0.3) is 0 Å². The number of alkyl halides is 3. The highest BCUT2D eigenvalue weighted by Gasteiger charge is 2.33. The number of hydrogen-bond donors (Lipinski definition) is 1. The van der Waals surface area contributed by atoms with Crippen molar-refractivity contribution in [3.8, 4) is 0 Å². The first kappa shape index (κ1) is 25.9. The smallest absolute Gasteiger partial charge is 0.333 e. The summed E-state index contributed by atoms with van der Waals surface area (Å²) < 4.78 is 55.4. The Morgan fingerprint density at radius 3 is 2.63 bits per heavy atom. The monoisotopic (exact) mass is 542 g/mol. The summed E-state index contributed by atoms with van der Waals surface area (Å²) in [6.07, 6.45) is 1.23. The van der Waals surface area contributed by atoms with Crippen LogP contribution in [0.15, 0.2) is 66.9 Å². The molecule has 0 saturated carbocycles. The molecule has 0 bridgehead atoms. The van der Waals surface area contributed by atoms with Crippen LogP contribution < -0.4 is 5.32 Å². The fraction of sp³-hybridized carbons (Fsp3) is 0.214. The molecule has 5 rings (SSSR count). The number of aromatic nitrogens is 2. The largest absolute Gasteiger partial charge is 0.416 e. The summed E-state index contributed by atoms with van der Waals surface area (Å²) >= 11 is 5.94. The zero-order chi connectivity index (χ0) is 26.9. The molecule has 0 saturated heterocycles. The average Bonchev–Trinajstić information content (AvgIpc) is 3.21. The van der Waals surface area contributed by atoms with Crippen LogP contribution in [0.2, 0.25) is 5.02 Å². The highest BCUT2D eigenvalue weighted by atomic mass is 35.5. The Balaban J connectivity index is 1.43. The Morgan fingerprint density at radius 1 is 1.11 bits per heavy atom. The Morgan fingerprint density at radius 2 is 1.89 bits per heavy atom. The Bertz CT molecular complexity index is 1510. The molecule has 4 aromatic rings. The summed E-state index contributed by atoms with van der Waals surface area (Å²) in [5.41, 5.74) is 2.37. The lowest BCUT2D eigenvalue weighted by Crippen LogP contribution is -2.34. The quantitative estimate of drug-likeness (QED) is 0.226. The van der Waals surface area contributed by atoms with Crippen molar-refractivity contribution in [1.82, 2.24) is 19.8 Å². The van der Waals surface area contributed by atoms with Crippen molar-refractivity contribution >= 4 is 34.6 Å². The molecule has 10 heteroatoms. The van der Waals surface area contributed by atoms with Gasteiger partial charge in [-0.25, -0.2) is 9.78 Å². The van der Waals surface area contributed by atoms with E-state index in [2.05, 4.69) is 15.2 Å². The van der Waals surface area contributed by atoms with E-state index in [0.717, 1.165) is 23.3 Å². The van der Waals surface area contributed by atoms with Crippen molar-refractivity contribution in [1.29, 1.82) is 0 Å². The number of carbonyl (C=O) groups excluding carboxylic acids is 1. The highest BCUT2D eigenvalue weighted by Crippen LogP contribution is 2.36. The van der Waals surface area contributed by atoms with Crippen molar-refractivity contribution in [3.05, 3.63) is 106 Å². The molecule has 196 valence electrons. The van der Waals surface area contributed by atoms with Crippen molar-refractivity contribution < 1.29 is 22.4 Å². The van der Waals surface area contributed by atoms with Crippen molar-refractivity contribution in [2.24, 2.45) is 0 Å². The number of fused-ring (bicyclic) bond motifs is 3. The van der Waals surface area contributed by atoms with E-state index in [1.165, 1.54) is 22.9 Å². The van der Waals surface area contributed by atoms with Crippen LogP contribution in [0.5, 0.6) is 0 Å². The van der Waals surface area contributed by atoms with Crippen LogP contribution in [0.4, 0.5) is 22.4 Å². The van der Waals surface area contributed by atoms with Crippen LogP contribution in [-0.4, -0.2) is 33.6 Å². The van der Waals surface area contributed by atoms with E-state index >= 15 is 0 Å².